The minimum absolute atomic E-state index is 0.00247. The quantitative estimate of drug-likeness (QED) is 0.403. The molecule has 0 saturated heterocycles. The van der Waals surface area contributed by atoms with E-state index in [1.54, 1.807) is 12.1 Å². The molecule has 2 aromatic heterocycles. The molecule has 5 aromatic rings. The van der Waals surface area contributed by atoms with Gasteiger partial charge in [0.2, 0.25) is 0 Å². The van der Waals surface area contributed by atoms with Gasteiger partial charge >= 0.3 is 5.69 Å². The third kappa shape index (κ3) is 3.94. The van der Waals surface area contributed by atoms with E-state index in [0.717, 1.165) is 39.2 Å². The molecule has 164 valence electrons. The molecule has 5 heteroatoms. The van der Waals surface area contributed by atoms with Crippen molar-refractivity contribution in [3.05, 3.63) is 134 Å². The standard InChI is InChI=1S/C28H25N3O2/c1-20-15-25(32)16-21(2)31(20)24-13-14-26-27(17-24)30(19-23-11-7-4-8-12-23)28(33)29(26)18-22-9-5-3-6-10-22/h3-17H,18-19H2,1-2H3. The Kier molecular flexibility index (Phi) is 5.31. The van der Waals surface area contributed by atoms with Crippen molar-refractivity contribution in [3.8, 4) is 5.69 Å². The molecule has 0 atom stereocenters. The molecule has 0 bridgehead atoms. The van der Waals surface area contributed by atoms with Crippen LogP contribution in [0.3, 0.4) is 0 Å². The van der Waals surface area contributed by atoms with E-state index in [9.17, 15) is 9.59 Å². The average molecular weight is 436 g/mol. The van der Waals surface area contributed by atoms with Crippen LogP contribution in [0.4, 0.5) is 0 Å². The maximum atomic E-state index is 13.6. The molecule has 0 N–H and O–H groups in total. The number of imidazole rings is 1. The molecule has 0 aliphatic heterocycles. The monoisotopic (exact) mass is 435 g/mol. The number of aromatic nitrogens is 3. The lowest BCUT2D eigenvalue weighted by molar-refractivity contribution is 0.701. The van der Waals surface area contributed by atoms with Crippen molar-refractivity contribution in [2.45, 2.75) is 26.9 Å². The number of pyridine rings is 1. The summed E-state index contributed by atoms with van der Waals surface area (Å²) in [6.07, 6.45) is 0. The number of nitrogens with zero attached hydrogens (tertiary/aromatic N) is 3. The summed E-state index contributed by atoms with van der Waals surface area (Å²) in [5.41, 5.74) is 6.51. The third-order valence-electron chi connectivity index (χ3n) is 6.04. The molecular formula is C28H25N3O2. The van der Waals surface area contributed by atoms with E-state index >= 15 is 0 Å². The van der Waals surface area contributed by atoms with Gasteiger partial charge in [-0.05, 0) is 43.2 Å². The molecule has 2 heterocycles. The van der Waals surface area contributed by atoms with Crippen LogP contribution in [0.5, 0.6) is 0 Å². The highest BCUT2D eigenvalue weighted by Gasteiger charge is 2.16. The van der Waals surface area contributed by atoms with Crippen molar-refractivity contribution < 1.29 is 0 Å². The third-order valence-corrected chi connectivity index (χ3v) is 6.04. The summed E-state index contributed by atoms with van der Waals surface area (Å²) in [5, 5.41) is 0. The van der Waals surface area contributed by atoms with Gasteiger partial charge in [-0.25, -0.2) is 4.79 Å². The topological polar surface area (TPSA) is 48.9 Å². The number of hydrogen-bond donors (Lipinski definition) is 0. The van der Waals surface area contributed by atoms with Crippen molar-refractivity contribution >= 4 is 11.0 Å². The highest BCUT2D eigenvalue weighted by Crippen LogP contribution is 2.22. The van der Waals surface area contributed by atoms with Crippen molar-refractivity contribution in [1.82, 2.24) is 13.7 Å². The van der Waals surface area contributed by atoms with Crippen LogP contribution in [0.25, 0.3) is 16.7 Å². The van der Waals surface area contributed by atoms with E-state index in [-0.39, 0.29) is 11.1 Å². The van der Waals surface area contributed by atoms with Crippen LogP contribution in [-0.4, -0.2) is 13.7 Å². The predicted octanol–water partition coefficient (Wildman–Crippen LogP) is 4.67. The number of fused-ring (bicyclic) bond motifs is 1. The fraction of sp³-hybridized carbons (Fsp3) is 0.143. The average Bonchev–Trinajstić information content (AvgIpc) is 3.05. The Bertz CT molecular complexity index is 1530. The smallest absolute Gasteiger partial charge is 0.318 e. The molecule has 0 radical (unpaired) electrons. The molecule has 5 nitrogen and oxygen atoms in total. The van der Waals surface area contributed by atoms with Crippen LogP contribution in [0.15, 0.2) is 101 Å². The molecule has 0 aliphatic rings. The number of benzene rings is 3. The summed E-state index contributed by atoms with van der Waals surface area (Å²) in [6.45, 7) is 4.85. The van der Waals surface area contributed by atoms with Gasteiger partial charge in [0.05, 0.1) is 24.1 Å². The van der Waals surface area contributed by atoms with E-state index in [1.165, 1.54) is 0 Å². The Hall–Kier alpha value is -4.12. The van der Waals surface area contributed by atoms with Crippen molar-refractivity contribution in [2.75, 3.05) is 0 Å². The Morgan fingerprint density at radius 1 is 0.606 bits per heavy atom. The van der Waals surface area contributed by atoms with Crippen LogP contribution in [0.1, 0.15) is 22.5 Å². The van der Waals surface area contributed by atoms with E-state index in [4.69, 9.17) is 0 Å². The Labute approximate surface area is 191 Å². The van der Waals surface area contributed by atoms with Gasteiger partial charge < -0.3 is 4.57 Å². The SMILES string of the molecule is Cc1cc(=O)cc(C)n1-c1ccc2c(c1)n(Cc1ccccc1)c(=O)n2Cc1ccccc1. The summed E-state index contributed by atoms with van der Waals surface area (Å²) in [5.74, 6) is 0. The van der Waals surface area contributed by atoms with Crippen molar-refractivity contribution in [3.63, 3.8) is 0 Å². The zero-order chi connectivity index (χ0) is 22.9. The van der Waals surface area contributed by atoms with Gasteiger partial charge in [-0.1, -0.05) is 60.7 Å². The summed E-state index contributed by atoms with van der Waals surface area (Å²) < 4.78 is 5.72. The first-order chi connectivity index (χ1) is 16.0. The first-order valence-corrected chi connectivity index (χ1v) is 11.0. The number of hydrogen-bond acceptors (Lipinski definition) is 2. The molecule has 5 rings (SSSR count). The summed E-state index contributed by atoms with van der Waals surface area (Å²) >= 11 is 0. The van der Waals surface area contributed by atoms with Crippen LogP contribution in [0.2, 0.25) is 0 Å². The van der Waals surface area contributed by atoms with E-state index in [0.29, 0.717) is 13.1 Å². The zero-order valence-electron chi connectivity index (χ0n) is 18.7. The maximum absolute atomic E-state index is 13.6. The Balaban J connectivity index is 1.72. The van der Waals surface area contributed by atoms with E-state index in [2.05, 4.69) is 0 Å². The Morgan fingerprint density at radius 2 is 1.12 bits per heavy atom. The van der Waals surface area contributed by atoms with Gasteiger partial charge in [0.25, 0.3) is 0 Å². The first kappa shape index (κ1) is 20.8. The summed E-state index contributed by atoms with van der Waals surface area (Å²) in [7, 11) is 0. The van der Waals surface area contributed by atoms with Crippen molar-refractivity contribution in [1.29, 1.82) is 0 Å². The lowest BCUT2D eigenvalue weighted by Gasteiger charge is -2.15. The predicted molar refractivity (Wildman–Crippen MR) is 132 cm³/mol. The fourth-order valence-electron chi connectivity index (χ4n) is 4.55. The normalized spacial score (nSPS) is 11.2. The molecule has 0 fully saturated rings. The summed E-state index contributed by atoms with van der Waals surface area (Å²) in [6, 6.07) is 29.4. The van der Waals surface area contributed by atoms with Gasteiger partial charge in [-0.15, -0.1) is 0 Å². The molecule has 0 unspecified atom stereocenters. The van der Waals surface area contributed by atoms with Gasteiger partial charge in [-0.2, -0.15) is 0 Å². The summed E-state index contributed by atoms with van der Waals surface area (Å²) in [4.78, 5) is 25.5. The number of rotatable bonds is 5. The lowest BCUT2D eigenvalue weighted by atomic mass is 10.2. The van der Waals surface area contributed by atoms with Gasteiger partial charge in [0.1, 0.15) is 0 Å². The zero-order valence-corrected chi connectivity index (χ0v) is 18.7. The fourth-order valence-corrected chi connectivity index (χ4v) is 4.55. The van der Waals surface area contributed by atoms with E-state index < -0.39 is 0 Å². The number of aryl methyl sites for hydroxylation is 2. The molecule has 0 spiro atoms. The minimum Gasteiger partial charge on any atom is -0.318 e. The largest absolute Gasteiger partial charge is 0.329 e. The lowest BCUT2D eigenvalue weighted by Crippen LogP contribution is -2.25. The second-order valence-corrected chi connectivity index (χ2v) is 8.41. The Morgan fingerprint density at radius 3 is 1.67 bits per heavy atom. The van der Waals surface area contributed by atoms with Crippen molar-refractivity contribution in [2.24, 2.45) is 0 Å². The second-order valence-electron chi connectivity index (χ2n) is 8.41. The van der Waals surface area contributed by atoms with Gasteiger partial charge in [0, 0.05) is 29.2 Å². The van der Waals surface area contributed by atoms with Gasteiger partial charge in [-0.3, -0.25) is 13.9 Å². The molecular weight excluding hydrogens is 410 g/mol. The van der Waals surface area contributed by atoms with Crippen LogP contribution >= 0.6 is 0 Å². The van der Waals surface area contributed by atoms with Crippen LogP contribution < -0.4 is 11.1 Å². The molecule has 0 aliphatic carbocycles. The maximum Gasteiger partial charge on any atom is 0.329 e. The highest BCUT2D eigenvalue weighted by atomic mass is 16.1. The molecule has 0 amide bonds. The highest BCUT2D eigenvalue weighted by molar-refractivity contribution is 5.79. The van der Waals surface area contributed by atoms with Crippen LogP contribution in [0, 0.1) is 13.8 Å². The van der Waals surface area contributed by atoms with Gasteiger partial charge in [0.15, 0.2) is 5.43 Å². The molecule has 0 saturated carbocycles. The van der Waals surface area contributed by atoms with E-state index in [1.807, 2.05) is 106 Å². The first-order valence-electron chi connectivity index (χ1n) is 11.0. The van der Waals surface area contributed by atoms with Crippen LogP contribution in [-0.2, 0) is 13.1 Å². The second kappa shape index (κ2) is 8.43. The molecule has 3 aromatic carbocycles. The molecule has 33 heavy (non-hydrogen) atoms. The minimum atomic E-state index is -0.0387.